The minimum absolute atomic E-state index is 0.0577. The number of benzene rings is 3. The van der Waals surface area contributed by atoms with Crippen molar-refractivity contribution in [2.45, 2.75) is 25.2 Å². The zero-order valence-corrected chi connectivity index (χ0v) is 17.7. The molecule has 0 aliphatic heterocycles. The van der Waals surface area contributed by atoms with Crippen LogP contribution in [0.5, 0.6) is 0 Å². The molecule has 0 fully saturated rings. The van der Waals surface area contributed by atoms with Gasteiger partial charge in [-0.25, -0.2) is 4.39 Å². The van der Waals surface area contributed by atoms with E-state index in [0.29, 0.717) is 17.0 Å². The molecule has 3 aromatic carbocycles. The summed E-state index contributed by atoms with van der Waals surface area (Å²) in [5.74, 6) is -0.457. The van der Waals surface area contributed by atoms with Gasteiger partial charge in [-0.05, 0) is 73.0 Å². The summed E-state index contributed by atoms with van der Waals surface area (Å²) in [6.45, 7) is 4.05. The molecule has 30 heavy (non-hydrogen) atoms. The Morgan fingerprint density at radius 3 is 2.30 bits per heavy atom. The molecular weight excluding hydrogens is 399 g/mol. The average Bonchev–Trinajstić information content (AvgIpc) is 2.75. The first-order valence-corrected chi connectivity index (χ1v) is 10.6. The van der Waals surface area contributed by atoms with Gasteiger partial charge in [0.15, 0.2) is 0 Å². The molecule has 0 spiro atoms. The number of carbonyl (C=O) groups excluding carboxylic acids is 2. The molecular formula is C24H23FN2O2S. The summed E-state index contributed by atoms with van der Waals surface area (Å²) < 4.78 is 13.0. The molecule has 2 N–H and O–H groups in total. The summed E-state index contributed by atoms with van der Waals surface area (Å²) in [5.41, 5.74) is 4.08. The molecule has 0 atom stereocenters. The van der Waals surface area contributed by atoms with Crippen molar-refractivity contribution < 1.29 is 14.0 Å². The van der Waals surface area contributed by atoms with Crippen molar-refractivity contribution in [3.8, 4) is 0 Å². The number of para-hydroxylation sites is 1. The topological polar surface area (TPSA) is 58.2 Å². The molecule has 3 aromatic rings. The van der Waals surface area contributed by atoms with E-state index in [1.807, 2.05) is 37.3 Å². The van der Waals surface area contributed by atoms with Crippen LogP contribution in [0.4, 0.5) is 15.8 Å². The first kappa shape index (κ1) is 21.6. The zero-order valence-electron chi connectivity index (χ0n) is 16.9. The molecule has 0 aliphatic rings. The quantitative estimate of drug-likeness (QED) is 0.482. The molecule has 0 heterocycles. The predicted octanol–water partition coefficient (Wildman–Crippen LogP) is 5.68. The van der Waals surface area contributed by atoms with E-state index in [0.717, 1.165) is 28.1 Å². The molecule has 6 heteroatoms. The van der Waals surface area contributed by atoms with E-state index in [1.54, 1.807) is 12.1 Å². The van der Waals surface area contributed by atoms with E-state index >= 15 is 0 Å². The van der Waals surface area contributed by atoms with Crippen molar-refractivity contribution in [3.63, 3.8) is 0 Å². The highest BCUT2D eigenvalue weighted by atomic mass is 32.2. The number of nitrogens with one attached hydrogen (secondary N) is 2. The summed E-state index contributed by atoms with van der Waals surface area (Å²) in [6, 6.07) is 18.6. The lowest BCUT2D eigenvalue weighted by Crippen LogP contribution is -2.16. The summed E-state index contributed by atoms with van der Waals surface area (Å²) >= 11 is 1.43. The van der Waals surface area contributed by atoms with E-state index in [2.05, 4.69) is 17.6 Å². The van der Waals surface area contributed by atoms with Gasteiger partial charge < -0.3 is 10.6 Å². The molecule has 2 amide bonds. The van der Waals surface area contributed by atoms with Gasteiger partial charge in [-0.3, -0.25) is 9.59 Å². The maximum atomic E-state index is 13.0. The molecule has 0 saturated carbocycles. The molecule has 0 radical (unpaired) electrons. The molecule has 0 aromatic heterocycles. The molecule has 0 unspecified atom stereocenters. The highest BCUT2D eigenvalue weighted by Crippen LogP contribution is 2.24. The lowest BCUT2D eigenvalue weighted by molar-refractivity contribution is -0.113. The number of hydrogen-bond acceptors (Lipinski definition) is 3. The first-order chi connectivity index (χ1) is 14.5. The Bertz CT molecular complexity index is 1030. The Kier molecular flexibility index (Phi) is 7.25. The standard InChI is InChI=1S/C24H23FN2O2S/c1-3-17-6-4-5-16(2)23(17)27-22(28)15-30-21-13-11-20(12-14-21)26-24(29)18-7-9-19(25)10-8-18/h4-14H,3,15H2,1-2H3,(H,26,29)(H,27,28). The SMILES string of the molecule is CCc1cccc(C)c1NC(=O)CSc1ccc(NC(=O)c2ccc(F)cc2)cc1. The average molecular weight is 423 g/mol. The monoisotopic (exact) mass is 422 g/mol. The van der Waals surface area contributed by atoms with Crippen molar-refractivity contribution >= 4 is 35.0 Å². The van der Waals surface area contributed by atoms with Gasteiger partial charge in [-0.1, -0.05) is 25.1 Å². The Balaban J connectivity index is 1.54. The van der Waals surface area contributed by atoms with E-state index in [-0.39, 0.29) is 17.6 Å². The van der Waals surface area contributed by atoms with E-state index in [4.69, 9.17) is 0 Å². The highest BCUT2D eigenvalue weighted by molar-refractivity contribution is 8.00. The third-order valence-corrected chi connectivity index (χ3v) is 5.60. The van der Waals surface area contributed by atoms with Gasteiger partial charge in [0.05, 0.1) is 5.75 Å². The fraction of sp³-hybridized carbons (Fsp3) is 0.167. The van der Waals surface area contributed by atoms with Gasteiger partial charge in [-0.15, -0.1) is 11.8 Å². The largest absolute Gasteiger partial charge is 0.325 e. The van der Waals surface area contributed by atoms with Gasteiger partial charge in [-0.2, -0.15) is 0 Å². The molecule has 3 rings (SSSR count). The molecule has 154 valence electrons. The number of carbonyl (C=O) groups is 2. The predicted molar refractivity (Wildman–Crippen MR) is 121 cm³/mol. The fourth-order valence-corrected chi connectivity index (χ4v) is 3.66. The van der Waals surface area contributed by atoms with Crippen LogP contribution in [0, 0.1) is 12.7 Å². The Morgan fingerprint density at radius 2 is 1.63 bits per heavy atom. The number of rotatable bonds is 7. The smallest absolute Gasteiger partial charge is 0.255 e. The Hall–Kier alpha value is -3.12. The van der Waals surface area contributed by atoms with Crippen molar-refractivity contribution in [2.24, 2.45) is 0 Å². The van der Waals surface area contributed by atoms with E-state index < -0.39 is 0 Å². The van der Waals surface area contributed by atoms with E-state index in [9.17, 15) is 14.0 Å². The van der Waals surface area contributed by atoms with Crippen LogP contribution >= 0.6 is 11.8 Å². The van der Waals surface area contributed by atoms with Gasteiger partial charge in [0.2, 0.25) is 5.91 Å². The van der Waals surface area contributed by atoms with Crippen molar-refractivity contribution in [1.29, 1.82) is 0 Å². The van der Waals surface area contributed by atoms with Gasteiger partial charge in [0, 0.05) is 21.8 Å². The summed E-state index contributed by atoms with van der Waals surface area (Å²) in [7, 11) is 0. The Morgan fingerprint density at radius 1 is 0.933 bits per heavy atom. The minimum atomic E-state index is -0.384. The number of amides is 2. The normalized spacial score (nSPS) is 10.5. The first-order valence-electron chi connectivity index (χ1n) is 9.64. The molecule has 4 nitrogen and oxygen atoms in total. The third-order valence-electron chi connectivity index (χ3n) is 4.59. The van der Waals surface area contributed by atoms with Crippen LogP contribution in [-0.2, 0) is 11.2 Å². The van der Waals surface area contributed by atoms with Crippen LogP contribution in [0.25, 0.3) is 0 Å². The van der Waals surface area contributed by atoms with Crippen LogP contribution in [0.3, 0.4) is 0 Å². The van der Waals surface area contributed by atoms with Crippen molar-refractivity contribution in [1.82, 2.24) is 0 Å². The van der Waals surface area contributed by atoms with Crippen LogP contribution in [-0.4, -0.2) is 17.6 Å². The summed E-state index contributed by atoms with van der Waals surface area (Å²) in [4.78, 5) is 25.5. The Labute approximate surface area is 179 Å². The highest BCUT2D eigenvalue weighted by Gasteiger charge is 2.10. The van der Waals surface area contributed by atoms with Crippen LogP contribution in [0.2, 0.25) is 0 Å². The second-order valence-electron chi connectivity index (χ2n) is 6.78. The second kappa shape index (κ2) is 10.1. The maximum absolute atomic E-state index is 13.0. The fourth-order valence-electron chi connectivity index (χ4n) is 2.97. The minimum Gasteiger partial charge on any atom is -0.325 e. The molecule has 0 aliphatic carbocycles. The number of aryl methyl sites for hydroxylation is 2. The number of anilines is 2. The lowest BCUT2D eigenvalue weighted by Gasteiger charge is -2.13. The van der Waals surface area contributed by atoms with Crippen molar-refractivity contribution in [2.75, 3.05) is 16.4 Å². The number of hydrogen-bond donors (Lipinski definition) is 2. The summed E-state index contributed by atoms with van der Waals surface area (Å²) in [6.07, 6.45) is 0.857. The third kappa shape index (κ3) is 5.70. The van der Waals surface area contributed by atoms with E-state index in [1.165, 1.54) is 36.0 Å². The van der Waals surface area contributed by atoms with Crippen LogP contribution in [0.15, 0.2) is 71.6 Å². The van der Waals surface area contributed by atoms with Gasteiger partial charge in [0.25, 0.3) is 5.91 Å². The number of thioether (sulfide) groups is 1. The zero-order chi connectivity index (χ0) is 21.5. The molecule has 0 bridgehead atoms. The van der Waals surface area contributed by atoms with Crippen molar-refractivity contribution in [3.05, 3.63) is 89.2 Å². The maximum Gasteiger partial charge on any atom is 0.255 e. The second-order valence-corrected chi connectivity index (χ2v) is 7.83. The van der Waals surface area contributed by atoms with Crippen LogP contribution < -0.4 is 10.6 Å². The van der Waals surface area contributed by atoms with Gasteiger partial charge >= 0.3 is 0 Å². The molecule has 0 saturated heterocycles. The number of halogens is 1. The van der Waals surface area contributed by atoms with Gasteiger partial charge in [0.1, 0.15) is 5.82 Å². The lowest BCUT2D eigenvalue weighted by atomic mass is 10.1. The summed E-state index contributed by atoms with van der Waals surface area (Å²) in [5, 5.41) is 5.79. The van der Waals surface area contributed by atoms with Crippen LogP contribution in [0.1, 0.15) is 28.4 Å².